The van der Waals surface area contributed by atoms with Gasteiger partial charge in [-0.25, -0.2) is 0 Å². The summed E-state index contributed by atoms with van der Waals surface area (Å²) in [5, 5.41) is 0. The van der Waals surface area contributed by atoms with Gasteiger partial charge >= 0.3 is 0 Å². The Balaban J connectivity index is 1.07. The molecule has 0 N–H and O–H groups in total. The summed E-state index contributed by atoms with van der Waals surface area (Å²) < 4.78 is 22.7. The highest BCUT2D eigenvalue weighted by Crippen LogP contribution is 2.52. The Labute approximate surface area is 166 Å². The van der Waals surface area contributed by atoms with Crippen molar-refractivity contribution < 1.29 is 18.9 Å². The lowest BCUT2D eigenvalue weighted by molar-refractivity contribution is -0.101. The Morgan fingerprint density at radius 1 is 0.852 bits per heavy atom. The van der Waals surface area contributed by atoms with Crippen LogP contribution in [0.5, 0.6) is 0 Å². The molecule has 1 saturated heterocycles. The number of methoxy groups -OCH3 is 1. The number of nitrogens with zero attached hydrogens (tertiary/aromatic N) is 1. The molecule has 3 rings (SSSR count). The van der Waals surface area contributed by atoms with Crippen molar-refractivity contribution in [3.05, 3.63) is 0 Å². The average molecular weight is 384 g/mol. The van der Waals surface area contributed by atoms with Crippen LogP contribution in [0.15, 0.2) is 0 Å². The fourth-order valence-electron chi connectivity index (χ4n) is 4.68. The topological polar surface area (TPSA) is 40.2 Å². The third kappa shape index (κ3) is 6.67. The molecule has 0 radical (unpaired) electrons. The molecule has 0 aromatic heterocycles. The summed E-state index contributed by atoms with van der Waals surface area (Å²) in [7, 11) is 1.85. The van der Waals surface area contributed by atoms with Crippen LogP contribution in [-0.2, 0) is 18.9 Å². The van der Waals surface area contributed by atoms with E-state index in [4.69, 9.17) is 18.9 Å². The minimum atomic E-state index is 0.262. The highest BCUT2D eigenvalue weighted by atomic mass is 16.5. The highest BCUT2D eigenvalue weighted by molar-refractivity contribution is 4.94. The van der Waals surface area contributed by atoms with Gasteiger partial charge in [0.15, 0.2) is 0 Å². The van der Waals surface area contributed by atoms with Crippen molar-refractivity contribution in [2.45, 2.75) is 70.6 Å². The van der Waals surface area contributed by atoms with E-state index in [1.165, 1.54) is 32.1 Å². The van der Waals surface area contributed by atoms with E-state index in [0.29, 0.717) is 38.6 Å². The van der Waals surface area contributed by atoms with Gasteiger partial charge < -0.3 is 18.9 Å². The van der Waals surface area contributed by atoms with Crippen molar-refractivity contribution in [3.8, 4) is 0 Å². The highest BCUT2D eigenvalue weighted by Gasteiger charge is 2.44. The van der Waals surface area contributed by atoms with Crippen molar-refractivity contribution in [2.24, 2.45) is 17.8 Å². The zero-order chi connectivity index (χ0) is 19.3. The molecule has 0 bridgehead atoms. The summed E-state index contributed by atoms with van der Waals surface area (Å²) >= 11 is 0. The Morgan fingerprint density at radius 3 is 2.22 bits per heavy atom. The normalized spacial score (nSPS) is 32.0. The molecular formula is C22H41NO4. The number of rotatable bonds is 12. The molecule has 27 heavy (non-hydrogen) atoms. The van der Waals surface area contributed by atoms with Gasteiger partial charge in [0.2, 0.25) is 0 Å². The third-order valence-corrected chi connectivity index (χ3v) is 6.72. The zero-order valence-electron chi connectivity index (χ0n) is 18.0. The summed E-state index contributed by atoms with van der Waals surface area (Å²) in [6.07, 6.45) is 7.44. The Kier molecular flexibility index (Phi) is 7.98. The van der Waals surface area contributed by atoms with Crippen LogP contribution in [0, 0.1) is 17.8 Å². The fourth-order valence-corrected chi connectivity index (χ4v) is 4.68. The quantitative estimate of drug-likeness (QED) is 0.483. The molecule has 0 aromatic carbocycles. The van der Waals surface area contributed by atoms with Gasteiger partial charge in [-0.2, -0.15) is 0 Å². The van der Waals surface area contributed by atoms with Crippen LogP contribution in [0.3, 0.4) is 0 Å². The molecule has 3 aliphatic rings. The van der Waals surface area contributed by atoms with Gasteiger partial charge in [0.05, 0.1) is 38.6 Å². The molecule has 3 fully saturated rings. The first kappa shape index (κ1) is 21.5. The summed E-state index contributed by atoms with van der Waals surface area (Å²) in [6, 6.07) is 0. The van der Waals surface area contributed by atoms with E-state index < -0.39 is 0 Å². The maximum absolute atomic E-state index is 5.83. The van der Waals surface area contributed by atoms with Gasteiger partial charge in [-0.05, 0) is 70.6 Å². The van der Waals surface area contributed by atoms with Crippen LogP contribution in [-0.4, -0.2) is 75.9 Å². The molecule has 5 heteroatoms. The predicted molar refractivity (Wildman–Crippen MR) is 107 cm³/mol. The van der Waals surface area contributed by atoms with E-state index in [-0.39, 0.29) is 5.54 Å². The first-order chi connectivity index (χ1) is 13.0. The standard InChI is InChI=1S/C22H41NO4/c1-22(2,3)23-15-20(16-23)27-12-11-26-10-9-25-8-7-18-14-21(18)17-5-6-19(13-17)24-4/h17-21H,5-16H2,1-4H3/t17-,18?,19?,21?/m1/s1. The number of hydrogen-bond acceptors (Lipinski definition) is 5. The minimum Gasteiger partial charge on any atom is -0.381 e. The zero-order valence-corrected chi connectivity index (χ0v) is 18.0. The Morgan fingerprint density at radius 2 is 1.56 bits per heavy atom. The van der Waals surface area contributed by atoms with E-state index >= 15 is 0 Å². The van der Waals surface area contributed by atoms with Gasteiger partial charge in [-0.1, -0.05) is 0 Å². The number of ether oxygens (including phenoxy) is 4. The lowest BCUT2D eigenvalue weighted by atomic mass is 9.99. The predicted octanol–water partition coefficient (Wildman–Crippen LogP) is 3.36. The lowest BCUT2D eigenvalue weighted by Gasteiger charge is -2.47. The maximum Gasteiger partial charge on any atom is 0.0830 e. The Bertz CT molecular complexity index is 433. The van der Waals surface area contributed by atoms with Crippen molar-refractivity contribution in [1.29, 1.82) is 0 Å². The SMILES string of the molecule is COC1CC[C@@H](C2CC2CCOCCOCCOC2CN(C(C)(C)C)C2)C1. The molecule has 1 heterocycles. The van der Waals surface area contributed by atoms with E-state index in [1.807, 2.05) is 7.11 Å². The molecule has 0 amide bonds. The first-order valence-electron chi connectivity index (χ1n) is 11.0. The largest absolute Gasteiger partial charge is 0.381 e. The van der Waals surface area contributed by atoms with Gasteiger partial charge in [-0.15, -0.1) is 0 Å². The third-order valence-electron chi connectivity index (χ3n) is 6.72. The fraction of sp³-hybridized carbons (Fsp3) is 1.00. The maximum atomic E-state index is 5.83. The van der Waals surface area contributed by atoms with Gasteiger partial charge in [0.1, 0.15) is 0 Å². The summed E-state index contributed by atoms with van der Waals surface area (Å²) in [5.41, 5.74) is 0.262. The van der Waals surface area contributed by atoms with Crippen LogP contribution < -0.4 is 0 Å². The summed E-state index contributed by atoms with van der Waals surface area (Å²) in [4.78, 5) is 2.44. The van der Waals surface area contributed by atoms with Crippen LogP contribution in [0.1, 0.15) is 52.9 Å². The molecule has 2 saturated carbocycles. The minimum absolute atomic E-state index is 0.262. The van der Waals surface area contributed by atoms with Crippen molar-refractivity contribution in [2.75, 3.05) is 53.2 Å². The van der Waals surface area contributed by atoms with Gasteiger partial charge in [-0.3, -0.25) is 4.90 Å². The van der Waals surface area contributed by atoms with Crippen LogP contribution >= 0.6 is 0 Å². The van der Waals surface area contributed by atoms with E-state index in [9.17, 15) is 0 Å². The second kappa shape index (κ2) is 10.0. The smallest absolute Gasteiger partial charge is 0.0830 e. The molecule has 4 atom stereocenters. The first-order valence-corrected chi connectivity index (χ1v) is 11.0. The summed E-state index contributed by atoms with van der Waals surface area (Å²) in [5.74, 6) is 2.76. The molecular weight excluding hydrogens is 342 g/mol. The van der Waals surface area contributed by atoms with E-state index in [1.54, 1.807) is 0 Å². The van der Waals surface area contributed by atoms with Crippen LogP contribution in [0.2, 0.25) is 0 Å². The molecule has 3 unspecified atom stereocenters. The van der Waals surface area contributed by atoms with Crippen molar-refractivity contribution in [3.63, 3.8) is 0 Å². The van der Waals surface area contributed by atoms with Gasteiger partial charge in [0, 0.05) is 32.3 Å². The molecule has 0 spiro atoms. The number of likely N-dealkylation sites (tertiary alicyclic amines) is 1. The van der Waals surface area contributed by atoms with Gasteiger partial charge in [0.25, 0.3) is 0 Å². The number of hydrogen-bond donors (Lipinski definition) is 0. The van der Waals surface area contributed by atoms with Crippen molar-refractivity contribution >= 4 is 0 Å². The second-order valence-corrected chi connectivity index (χ2v) is 9.67. The second-order valence-electron chi connectivity index (χ2n) is 9.67. The lowest BCUT2D eigenvalue weighted by Crippen LogP contribution is -2.59. The van der Waals surface area contributed by atoms with Crippen LogP contribution in [0.4, 0.5) is 0 Å². The monoisotopic (exact) mass is 383 g/mol. The van der Waals surface area contributed by atoms with E-state index in [2.05, 4.69) is 25.7 Å². The summed E-state index contributed by atoms with van der Waals surface area (Å²) in [6.45, 7) is 12.5. The molecule has 2 aliphatic carbocycles. The molecule has 0 aromatic rings. The Hall–Kier alpha value is -0.200. The van der Waals surface area contributed by atoms with Crippen molar-refractivity contribution in [1.82, 2.24) is 4.90 Å². The van der Waals surface area contributed by atoms with Crippen LogP contribution in [0.25, 0.3) is 0 Å². The molecule has 5 nitrogen and oxygen atoms in total. The molecule has 1 aliphatic heterocycles. The molecule has 158 valence electrons. The van der Waals surface area contributed by atoms with E-state index in [0.717, 1.165) is 37.5 Å². The average Bonchev–Trinajstić information content (AvgIpc) is 3.19.